The maximum Gasteiger partial charge on any atom is 0.123 e. The van der Waals surface area contributed by atoms with Crippen LogP contribution in [0.3, 0.4) is 0 Å². The van der Waals surface area contributed by atoms with Gasteiger partial charge in [0.1, 0.15) is 11.6 Å². The summed E-state index contributed by atoms with van der Waals surface area (Å²) in [5, 5.41) is 0. The van der Waals surface area contributed by atoms with E-state index in [1.807, 2.05) is 20.8 Å². The SMILES string of the molecule is CCC(N)Cc1cc(F)ccc1OC(C)C. The van der Waals surface area contributed by atoms with Crippen molar-refractivity contribution in [2.45, 2.75) is 45.8 Å². The Balaban J connectivity index is 2.89. The number of benzene rings is 1. The molecule has 1 unspecified atom stereocenters. The standard InChI is InChI=1S/C13H20FNO/c1-4-12(15)8-10-7-11(14)5-6-13(10)16-9(2)3/h5-7,9,12H,4,8,15H2,1-3H3. The van der Waals surface area contributed by atoms with Crippen molar-refractivity contribution in [3.05, 3.63) is 29.6 Å². The first-order valence-electron chi connectivity index (χ1n) is 5.73. The van der Waals surface area contributed by atoms with Crippen molar-refractivity contribution in [1.82, 2.24) is 0 Å². The van der Waals surface area contributed by atoms with Crippen molar-refractivity contribution in [3.63, 3.8) is 0 Å². The van der Waals surface area contributed by atoms with E-state index in [0.29, 0.717) is 6.42 Å². The molecule has 0 spiro atoms. The lowest BCUT2D eigenvalue weighted by molar-refractivity contribution is 0.239. The Morgan fingerprint density at radius 3 is 2.62 bits per heavy atom. The predicted molar refractivity (Wildman–Crippen MR) is 64.1 cm³/mol. The molecule has 16 heavy (non-hydrogen) atoms. The second-order valence-corrected chi connectivity index (χ2v) is 4.29. The lowest BCUT2D eigenvalue weighted by Gasteiger charge is -2.16. The summed E-state index contributed by atoms with van der Waals surface area (Å²) in [5.74, 6) is 0.495. The summed E-state index contributed by atoms with van der Waals surface area (Å²) in [7, 11) is 0. The van der Waals surface area contributed by atoms with E-state index in [1.54, 1.807) is 6.07 Å². The minimum atomic E-state index is -0.241. The zero-order valence-corrected chi connectivity index (χ0v) is 10.2. The van der Waals surface area contributed by atoms with Crippen molar-refractivity contribution in [3.8, 4) is 5.75 Å². The van der Waals surface area contributed by atoms with Gasteiger partial charge in [-0.2, -0.15) is 0 Å². The average molecular weight is 225 g/mol. The Kier molecular flexibility index (Phi) is 4.74. The molecule has 0 saturated carbocycles. The Hall–Kier alpha value is -1.09. The highest BCUT2D eigenvalue weighted by Gasteiger charge is 2.10. The van der Waals surface area contributed by atoms with Gasteiger partial charge in [0.25, 0.3) is 0 Å². The van der Waals surface area contributed by atoms with Gasteiger partial charge in [-0.25, -0.2) is 4.39 Å². The number of hydrogen-bond donors (Lipinski definition) is 1. The Morgan fingerprint density at radius 2 is 2.06 bits per heavy atom. The fourth-order valence-corrected chi connectivity index (χ4v) is 1.50. The summed E-state index contributed by atoms with van der Waals surface area (Å²) < 4.78 is 18.8. The van der Waals surface area contributed by atoms with Crippen LogP contribution in [0.2, 0.25) is 0 Å². The monoisotopic (exact) mass is 225 g/mol. The topological polar surface area (TPSA) is 35.2 Å². The lowest BCUT2D eigenvalue weighted by atomic mass is 10.0. The van der Waals surface area contributed by atoms with Crippen LogP contribution in [0.1, 0.15) is 32.8 Å². The van der Waals surface area contributed by atoms with Gasteiger partial charge in [0.05, 0.1) is 6.10 Å². The van der Waals surface area contributed by atoms with Crippen molar-refractivity contribution in [2.24, 2.45) is 5.73 Å². The van der Waals surface area contributed by atoms with Crippen molar-refractivity contribution in [1.29, 1.82) is 0 Å². The van der Waals surface area contributed by atoms with Gasteiger partial charge in [-0.1, -0.05) is 6.92 Å². The molecule has 1 rings (SSSR count). The highest BCUT2D eigenvalue weighted by molar-refractivity contribution is 5.34. The van der Waals surface area contributed by atoms with Crippen molar-refractivity contribution in [2.75, 3.05) is 0 Å². The van der Waals surface area contributed by atoms with Crippen molar-refractivity contribution < 1.29 is 9.13 Å². The molecule has 3 heteroatoms. The minimum Gasteiger partial charge on any atom is -0.491 e. The quantitative estimate of drug-likeness (QED) is 0.836. The van der Waals surface area contributed by atoms with Crippen LogP contribution in [0.15, 0.2) is 18.2 Å². The van der Waals surface area contributed by atoms with Crippen LogP contribution in [0.4, 0.5) is 4.39 Å². The number of ether oxygens (including phenoxy) is 1. The molecule has 1 aromatic carbocycles. The highest BCUT2D eigenvalue weighted by atomic mass is 19.1. The van der Waals surface area contributed by atoms with Gasteiger partial charge in [-0.3, -0.25) is 0 Å². The Labute approximate surface area is 96.6 Å². The molecule has 0 heterocycles. The summed E-state index contributed by atoms with van der Waals surface area (Å²) in [6.45, 7) is 5.92. The Bertz CT molecular complexity index is 339. The maximum absolute atomic E-state index is 13.1. The first kappa shape index (κ1) is 13.0. The van der Waals surface area contributed by atoms with Crippen LogP contribution in [0, 0.1) is 5.82 Å². The molecule has 0 radical (unpaired) electrons. The molecule has 90 valence electrons. The molecule has 2 nitrogen and oxygen atoms in total. The zero-order chi connectivity index (χ0) is 12.1. The van der Waals surface area contributed by atoms with Gasteiger partial charge in [0, 0.05) is 6.04 Å². The third-order valence-corrected chi connectivity index (χ3v) is 2.39. The van der Waals surface area contributed by atoms with E-state index in [9.17, 15) is 4.39 Å². The van der Waals surface area contributed by atoms with Crippen LogP contribution >= 0.6 is 0 Å². The second kappa shape index (κ2) is 5.85. The van der Waals surface area contributed by atoms with E-state index in [2.05, 4.69) is 0 Å². The summed E-state index contributed by atoms with van der Waals surface area (Å²) in [4.78, 5) is 0. The molecule has 0 saturated heterocycles. The summed E-state index contributed by atoms with van der Waals surface area (Å²) in [5.41, 5.74) is 6.73. The van der Waals surface area contributed by atoms with Gasteiger partial charge in [0.2, 0.25) is 0 Å². The molecule has 0 bridgehead atoms. The minimum absolute atomic E-state index is 0.0521. The van der Waals surface area contributed by atoms with Crippen LogP contribution < -0.4 is 10.5 Å². The van der Waals surface area contributed by atoms with E-state index < -0.39 is 0 Å². The number of halogens is 1. The van der Waals surface area contributed by atoms with Gasteiger partial charge >= 0.3 is 0 Å². The molecule has 0 fully saturated rings. The Morgan fingerprint density at radius 1 is 1.38 bits per heavy atom. The van der Waals surface area contributed by atoms with Crippen LogP contribution in [-0.2, 0) is 6.42 Å². The molecule has 1 atom stereocenters. The van der Waals surface area contributed by atoms with E-state index in [4.69, 9.17) is 10.5 Å². The largest absolute Gasteiger partial charge is 0.491 e. The van der Waals surface area contributed by atoms with E-state index >= 15 is 0 Å². The third-order valence-electron chi connectivity index (χ3n) is 2.39. The van der Waals surface area contributed by atoms with Gasteiger partial charge in [0.15, 0.2) is 0 Å². The number of hydrogen-bond acceptors (Lipinski definition) is 2. The van der Waals surface area contributed by atoms with Crippen LogP contribution in [-0.4, -0.2) is 12.1 Å². The maximum atomic E-state index is 13.1. The van der Waals surface area contributed by atoms with Gasteiger partial charge < -0.3 is 10.5 Å². The highest BCUT2D eigenvalue weighted by Crippen LogP contribution is 2.22. The van der Waals surface area contributed by atoms with Crippen LogP contribution in [0.5, 0.6) is 5.75 Å². The normalized spacial score (nSPS) is 12.9. The van der Waals surface area contributed by atoms with Crippen LogP contribution in [0.25, 0.3) is 0 Å². The lowest BCUT2D eigenvalue weighted by Crippen LogP contribution is -2.22. The number of rotatable bonds is 5. The van der Waals surface area contributed by atoms with Gasteiger partial charge in [-0.15, -0.1) is 0 Å². The molecular formula is C13H20FNO. The fourth-order valence-electron chi connectivity index (χ4n) is 1.50. The molecule has 0 aliphatic rings. The van der Waals surface area contributed by atoms with E-state index in [0.717, 1.165) is 17.7 Å². The molecule has 2 N–H and O–H groups in total. The second-order valence-electron chi connectivity index (χ2n) is 4.29. The predicted octanol–water partition coefficient (Wildman–Crippen LogP) is 2.89. The first-order chi connectivity index (χ1) is 7.52. The smallest absolute Gasteiger partial charge is 0.123 e. The molecule has 0 amide bonds. The molecular weight excluding hydrogens is 205 g/mol. The van der Waals surface area contributed by atoms with E-state index in [-0.39, 0.29) is 18.0 Å². The summed E-state index contributed by atoms with van der Waals surface area (Å²) in [6, 6.07) is 4.65. The molecule has 0 aromatic heterocycles. The number of nitrogens with two attached hydrogens (primary N) is 1. The molecule has 0 aliphatic heterocycles. The summed E-state index contributed by atoms with van der Waals surface area (Å²) in [6.07, 6.45) is 1.61. The van der Waals surface area contributed by atoms with Crippen molar-refractivity contribution >= 4 is 0 Å². The average Bonchev–Trinajstić information content (AvgIpc) is 2.21. The summed E-state index contributed by atoms with van der Waals surface area (Å²) >= 11 is 0. The molecule has 0 aliphatic carbocycles. The van der Waals surface area contributed by atoms with Gasteiger partial charge in [-0.05, 0) is 50.5 Å². The first-order valence-corrected chi connectivity index (χ1v) is 5.73. The molecule has 1 aromatic rings. The third kappa shape index (κ3) is 3.81. The fraction of sp³-hybridized carbons (Fsp3) is 0.538. The zero-order valence-electron chi connectivity index (χ0n) is 10.2. The van der Waals surface area contributed by atoms with E-state index in [1.165, 1.54) is 12.1 Å².